The van der Waals surface area contributed by atoms with Crippen LogP contribution in [-0.2, 0) is 19.1 Å². The molecule has 2 heterocycles. The molecular weight excluding hydrogens is 469 g/mol. The van der Waals surface area contributed by atoms with Crippen LogP contribution in [0.5, 0.6) is 0 Å². The van der Waals surface area contributed by atoms with Crippen LogP contribution in [0.15, 0.2) is 71.2 Å². The van der Waals surface area contributed by atoms with E-state index in [1.165, 1.54) is 31.6 Å². The number of hydrogen-bond acceptors (Lipinski definition) is 8. The van der Waals surface area contributed by atoms with Crippen LogP contribution in [0.2, 0.25) is 0 Å². The average Bonchev–Trinajstić information content (AvgIpc) is 3.33. The molecule has 182 valence electrons. The van der Waals surface area contributed by atoms with Gasteiger partial charge in [-0.05, 0) is 31.5 Å². The van der Waals surface area contributed by atoms with Gasteiger partial charge in [0.05, 0.1) is 37.4 Å². The predicted octanol–water partition coefficient (Wildman–Crippen LogP) is 4.50. The number of carbonyl (C=O) groups is 2. The van der Waals surface area contributed by atoms with Gasteiger partial charge >= 0.3 is 11.9 Å². The van der Waals surface area contributed by atoms with E-state index in [9.17, 15) is 14.0 Å². The fraction of sp³-hybridized carbons (Fsp3) is 0.269. The maximum Gasteiger partial charge on any atom is 0.336 e. The third kappa shape index (κ3) is 4.27. The van der Waals surface area contributed by atoms with Gasteiger partial charge in [0, 0.05) is 16.6 Å². The Morgan fingerprint density at radius 1 is 1.09 bits per heavy atom. The quantitative estimate of drug-likeness (QED) is 0.487. The largest absolute Gasteiger partial charge is 0.467 e. The van der Waals surface area contributed by atoms with Gasteiger partial charge < -0.3 is 20.1 Å². The van der Waals surface area contributed by atoms with E-state index in [1.54, 1.807) is 30.5 Å². The third-order valence-electron chi connectivity index (χ3n) is 6.29. The summed E-state index contributed by atoms with van der Waals surface area (Å²) in [6.45, 7) is 3.61. The fourth-order valence-electron chi connectivity index (χ4n) is 4.66. The molecular formula is C26H26FN3O4S. The number of nitrogens with zero attached hydrogens (tertiary/aromatic N) is 1. The number of nitrogens with one attached hydrogen (secondary N) is 2. The lowest BCUT2D eigenvalue weighted by Gasteiger charge is -2.47. The zero-order valence-corrected chi connectivity index (χ0v) is 20.6. The number of thiazole rings is 1. The Morgan fingerprint density at radius 2 is 1.77 bits per heavy atom. The standard InChI is InChI=1S/C26H26FN3O4S/c1-15-21(23(31)33-3)22(17-10-6-5-7-11-17)26(16(2)28-15,24(32)34-4)30-25-29-20(14-35-25)18-12-8-9-13-19(18)27/h5-14,16,22,28H,1-4H3,(H,29,30). The second kappa shape index (κ2) is 9.87. The molecule has 0 saturated heterocycles. The molecule has 0 aliphatic carbocycles. The lowest BCUT2D eigenvalue weighted by atomic mass is 9.68. The zero-order chi connectivity index (χ0) is 25.2. The van der Waals surface area contributed by atoms with Gasteiger partial charge in [-0.15, -0.1) is 11.3 Å². The number of carbonyl (C=O) groups excluding carboxylic acids is 2. The maximum absolute atomic E-state index is 14.4. The lowest BCUT2D eigenvalue weighted by Crippen LogP contribution is -2.66. The summed E-state index contributed by atoms with van der Waals surface area (Å²) in [6.07, 6.45) is 0. The molecule has 35 heavy (non-hydrogen) atoms. The van der Waals surface area contributed by atoms with Gasteiger partial charge in [0.2, 0.25) is 0 Å². The van der Waals surface area contributed by atoms with Crippen molar-refractivity contribution in [2.24, 2.45) is 0 Å². The number of halogens is 1. The molecule has 0 amide bonds. The molecule has 0 spiro atoms. The molecule has 7 nitrogen and oxygen atoms in total. The highest BCUT2D eigenvalue weighted by molar-refractivity contribution is 7.14. The van der Waals surface area contributed by atoms with Gasteiger partial charge in [-0.3, -0.25) is 0 Å². The number of benzene rings is 2. The molecule has 0 bridgehead atoms. The van der Waals surface area contributed by atoms with Crippen LogP contribution in [0.4, 0.5) is 9.52 Å². The first-order valence-electron chi connectivity index (χ1n) is 11.0. The van der Waals surface area contributed by atoms with Crippen LogP contribution in [0.25, 0.3) is 11.3 Å². The topological polar surface area (TPSA) is 89.5 Å². The van der Waals surface area contributed by atoms with Crippen molar-refractivity contribution in [3.8, 4) is 11.3 Å². The molecule has 1 aliphatic rings. The van der Waals surface area contributed by atoms with Crippen molar-refractivity contribution < 1.29 is 23.5 Å². The molecule has 1 aromatic heterocycles. The lowest BCUT2D eigenvalue weighted by molar-refractivity contribution is -0.148. The van der Waals surface area contributed by atoms with Crippen molar-refractivity contribution in [1.82, 2.24) is 10.3 Å². The second-order valence-electron chi connectivity index (χ2n) is 8.24. The van der Waals surface area contributed by atoms with E-state index >= 15 is 0 Å². The van der Waals surface area contributed by atoms with Gasteiger partial charge in [0.25, 0.3) is 0 Å². The summed E-state index contributed by atoms with van der Waals surface area (Å²) >= 11 is 1.23. The number of allylic oxidation sites excluding steroid dienone is 1. The number of ether oxygens (including phenoxy) is 2. The molecule has 0 saturated carbocycles. The van der Waals surface area contributed by atoms with Crippen molar-refractivity contribution in [2.45, 2.75) is 31.3 Å². The molecule has 2 aromatic carbocycles. The molecule has 1 aliphatic heterocycles. The molecule has 4 rings (SSSR count). The van der Waals surface area contributed by atoms with Gasteiger partial charge in [-0.1, -0.05) is 42.5 Å². The Labute approximate surface area is 207 Å². The van der Waals surface area contributed by atoms with Crippen LogP contribution in [0, 0.1) is 5.82 Å². The Morgan fingerprint density at radius 3 is 2.43 bits per heavy atom. The SMILES string of the molecule is COC(=O)C1=C(C)NC(C)C(Nc2nc(-c3ccccc3F)cs2)(C(=O)OC)C1c1ccccc1. The van der Waals surface area contributed by atoms with Gasteiger partial charge in [-0.25, -0.2) is 19.0 Å². The summed E-state index contributed by atoms with van der Waals surface area (Å²) in [7, 11) is 2.60. The number of hydrogen-bond donors (Lipinski definition) is 2. The highest BCUT2D eigenvalue weighted by Gasteiger charge is 2.58. The first-order valence-corrected chi connectivity index (χ1v) is 11.9. The highest BCUT2D eigenvalue weighted by atomic mass is 32.1. The summed E-state index contributed by atoms with van der Waals surface area (Å²) in [6, 6.07) is 15.1. The number of rotatable bonds is 6. The van der Waals surface area contributed by atoms with Crippen molar-refractivity contribution in [1.29, 1.82) is 0 Å². The summed E-state index contributed by atoms with van der Waals surface area (Å²) in [5, 5.41) is 8.64. The van der Waals surface area contributed by atoms with E-state index in [2.05, 4.69) is 15.6 Å². The first-order chi connectivity index (χ1) is 16.8. The number of methoxy groups -OCH3 is 2. The minimum atomic E-state index is -1.47. The summed E-state index contributed by atoms with van der Waals surface area (Å²) in [5.74, 6) is -2.30. The van der Waals surface area contributed by atoms with Gasteiger partial charge in [0.15, 0.2) is 10.7 Å². The van der Waals surface area contributed by atoms with E-state index in [0.29, 0.717) is 27.7 Å². The van der Waals surface area contributed by atoms with Crippen molar-refractivity contribution in [3.63, 3.8) is 0 Å². The Kier molecular flexibility index (Phi) is 6.88. The third-order valence-corrected chi connectivity index (χ3v) is 7.05. The van der Waals surface area contributed by atoms with E-state index in [1.807, 2.05) is 37.3 Å². The van der Waals surface area contributed by atoms with Crippen LogP contribution < -0.4 is 10.6 Å². The molecule has 0 fully saturated rings. The number of anilines is 1. The average molecular weight is 496 g/mol. The van der Waals surface area contributed by atoms with Gasteiger partial charge in [-0.2, -0.15) is 0 Å². The van der Waals surface area contributed by atoms with Crippen LogP contribution >= 0.6 is 11.3 Å². The van der Waals surface area contributed by atoms with Crippen LogP contribution in [0.1, 0.15) is 25.3 Å². The summed E-state index contributed by atoms with van der Waals surface area (Å²) < 4.78 is 24.8. The monoisotopic (exact) mass is 495 g/mol. The Balaban J connectivity index is 1.89. The van der Waals surface area contributed by atoms with E-state index in [-0.39, 0.29) is 0 Å². The smallest absolute Gasteiger partial charge is 0.336 e. The van der Waals surface area contributed by atoms with Gasteiger partial charge in [0.1, 0.15) is 5.82 Å². The Bertz CT molecular complexity index is 1280. The summed E-state index contributed by atoms with van der Waals surface area (Å²) in [5.41, 5.74) is 0.951. The molecule has 3 unspecified atom stereocenters. The normalized spacial score (nSPS) is 21.7. The molecule has 0 radical (unpaired) electrons. The molecule has 2 N–H and O–H groups in total. The van der Waals surface area contributed by atoms with E-state index in [0.717, 1.165) is 5.56 Å². The first kappa shape index (κ1) is 24.4. The van der Waals surface area contributed by atoms with Crippen molar-refractivity contribution >= 4 is 28.4 Å². The molecule has 9 heteroatoms. The van der Waals surface area contributed by atoms with Crippen molar-refractivity contribution in [2.75, 3.05) is 19.5 Å². The van der Waals surface area contributed by atoms with Crippen molar-refractivity contribution in [3.05, 3.63) is 82.6 Å². The van der Waals surface area contributed by atoms with Crippen LogP contribution in [0.3, 0.4) is 0 Å². The molecule has 3 aromatic rings. The van der Waals surface area contributed by atoms with E-state index in [4.69, 9.17) is 9.47 Å². The second-order valence-corrected chi connectivity index (χ2v) is 9.10. The summed E-state index contributed by atoms with van der Waals surface area (Å²) in [4.78, 5) is 31.2. The van der Waals surface area contributed by atoms with E-state index < -0.39 is 35.3 Å². The number of esters is 2. The minimum absolute atomic E-state index is 0.306. The highest BCUT2D eigenvalue weighted by Crippen LogP contribution is 2.45. The maximum atomic E-state index is 14.4. The van der Waals surface area contributed by atoms with Crippen LogP contribution in [-0.4, -0.2) is 42.7 Å². The number of aromatic nitrogens is 1. The fourth-order valence-corrected chi connectivity index (χ4v) is 5.44. The minimum Gasteiger partial charge on any atom is -0.467 e. The Hall–Kier alpha value is -3.72. The predicted molar refractivity (Wildman–Crippen MR) is 132 cm³/mol. The molecule has 3 atom stereocenters. The zero-order valence-electron chi connectivity index (χ0n) is 19.8.